The maximum absolute atomic E-state index is 11.2. The van der Waals surface area contributed by atoms with E-state index in [9.17, 15) is 14.5 Å². The van der Waals surface area contributed by atoms with Gasteiger partial charge in [0.05, 0.1) is 6.61 Å². The van der Waals surface area contributed by atoms with E-state index in [1.807, 2.05) is 6.92 Å². The SMILES string of the molecule is CCCCCCCCCCCCC(CCCCCCC)CC(S)OC(CC)OCC(O)([PH2]=O)C(=O)O. The standard InChI is InChI=1S/C28H57O6PS/c1-4-7-9-11-12-13-14-15-17-19-21-24(20-18-16-10-8-5-2)22-26(36)34-25(6-3)33-23-28(31,35-32)27(29)30/h24-26,31,36H,4-23,35H2,1-3H3,(H,29,30). The molecule has 2 N–H and O–H groups in total. The van der Waals surface area contributed by atoms with Crippen LogP contribution in [0.2, 0.25) is 0 Å². The molecule has 0 amide bonds. The molecule has 216 valence electrons. The summed E-state index contributed by atoms with van der Waals surface area (Å²) in [6.45, 7) is 5.80. The van der Waals surface area contributed by atoms with Gasteiger partial charge in [-0.05, 0) is 18.8 Å². The lowest BCUT2D eigenvalue weighted by atomic mass is 9.91. The lowest BCUT2D eigenvalue weighted by Crippen LogP contribution is -2.39. The first kappa shape index (κ1) is 35.9. The third-order valence-corrected chi connectivity index (χ3v) is 8.05. The molecule has 0 radical (unpaired) electrons. The van der Waals surface area contributed by atoms with Crippen LogP contribution in [0.3, 0.4) is 0 Å². The van der Waals surface area contributed by atoms with Crippen molar-refractivity contribution in [1.82, 2.24) is 0 Å². The van der Waals surface area contributed by atoms with Crippen LogP contribution in [-0.4, -0.2) is 39.9 Å². The quantitative estimate of drug-likeness (QED) is 0.0411. The van der Waals surface area contributed by atoms with Gasteiger partial charge in [0.2, 0.25) is 5.34 Å². The molecule has 8 heteroatoms. The Bertz CT molecular complexity index is 538. The molecule has 0 aromatic heterocycles. The van der Waals surface area contributed by atoms with Gasteiger partial charge in [-0.2, -0.15) is 0 Å². The van der Waals surface area contributed by atoms with Crippen molar-refractivity contribution in [2.45, 2.75) is 160 Å². The molecule has 36 heavy (non-hydrogen) atoms. The van der Waals surface area contributed by atoms with Crippen molar-refractivity contribution in [3.8, 4) is 0 Å². The van der Waals surface area contributed by atoms with E-state index < -0.39 is 32.7 Å². The van der Waals surface area contributed by atoms with Gasteiger partial charge in [0, 0.05) is 0 Å². The van der Waals surface area contributed by atoms with E-state index in [-0.39, 0.29) is 5.44 Å². The second kappa shape index (κ2) is 24.0. The summed E-state index contributed by atoms with van der Waals surface area (Å²) in [6, 6.07) is 0. The highest BCUT2D eigenvalue weighted by atomic mass is 32.1. The number of thiol groups is 1. The number of carboxylic acid groups (broad SMARTS) is 1. The minimum atomic E-state index is -2.35. The van der Waals surface area contributed by atoms with Crippen molar-refractivity contribution in [3.63, 3.8) is 0 Å². The second-order valence-electron chi connectivity index (χ2n) is 10.4. The Kier molecular flexibility index (Phi) is 24.0. The van der Waals surface area contributed by atoms with Crippen molar-refractivity contribution < 1.29 is 29.0 Å². The van der Waals surface area contributed by atoms with Crippen LogP contribution in [0.1, 0.15) is 143 Å². The Balaban J connectivity index is 4.48. The van der Waals surface area contributed by atoms with E-state index in [1.165, 1.54) is 109 Å². The molecular formula is C28H57O6PS. The van der Waals surface area contributed by atoms with Crippen LogP contribution in [0.4, 0.5) is 0 Å². The first-order valence-corrected chi connectivity index (χ1v) is 16.3. The average molecular weight is 553 g/mol. The Morgan fingerprint density at radius 2 is 1.28 bits per heavy atom. The van der Waals surface area contributed by atoms with Crippen molar-refractivity contribution in [1.29, 1.82) is 0 Å². The molecule has 5 atom stereocenters. The predicted molar refractivity (Wildman–Crippen MR) is 155 cm³/mol. The van der Waals surface area contributed by atoms with Crippen LogP contribution in [-0.2, 0) is 18.8 Å². The van der Waals surface area contributed by atoms with Crippen LogP contribution in [0.5, 0.6) is 0 Å². The van der Waals surface area contributed by atoms with E-state index >= 15 is 0 Å². The number of aliphatic hydroxyl groups is 1. The molecule has 0 bridgehead atoms. The van der Waals surface area contributed by atoms with Gasteiger partial charge in [0.1, 0.15) is 13.9 Å². The lowest BCUT2D eigenvalue weighted by Gasteiger charge is -2.26. The summed E-state index contributed by atoms with van der Waals surface area (Å²) in [6.07, 6.45) is 22.7. The smallest absolute Gasteiger partial charge is 0.345 e. The van der Waals surface area contributed by atoms with Crippen molar-refractivity contribution in [2.24, 2.45) is 5.92 Å². The summed E-state index contributed by atoms with van der Waals surface area (Å²) in [7, 11) is -1.93. The first-order chi connectivity index (χ1) is 17.3. The number of carboxylic acids is 1. The summed E-state index contributed by atoms with van der Waals surface area (Å²) < 4.78 is 22.6. The van der Waals surface area contributed by atoms with E-state index in [2.05, 4.69) is 26.5 Å². The minimum Gasteiger partial charge on any atom is -0.479 e. The van der Waals surface area contributed by atoms with Crippen LogP contribution in [0.15, 0.2) is 0 Å². The van der Waals surface area contributed by atoms with Crippen LogP contribution < -0.4 is 0 Å². The Labute approximate surface area is 228 Å². The first-order valence-electron chi connectivity index (χ1n) is 14.7. The number of hydrogen-bond donors (Lipinski definition) is 3. The molecule has 0 saturated carbocycles. The molecule has 0 aliphatic carbocycles. The number of hydrogen-bond acceptors (Lipinski definition) is 6. The van der Waals surface area contributed by atoms with E-state index in [4.69, 9.17) is 14.6 Å². The molecule has 0 heterocycles. The number of aliphatic carboxylic acids is 1. The summed E-state index contributed by atoms with van der Waals surface area (Å²) >= 11 is 4.66. The zero-order valence-electron chi connectivity index (χ0n) is 23.4. The van der Waals surface area contributed by atoms with E-state index in [1.54, 1.807) is 0 Å². The van der Waals surface area contributed by atoms with Gasteiger partial charge in [-0.25, -0.2) is 4.79 Å². The van der Waals surface area contributed by atoms with Gasteiger partial charge >= 0.3 is 5.97 Å². The van der Waals surface area contributed by atoms with E-state index in [0.717, 1.165) is 6.42 Å². The molecule has 5 unspecified atom stereocenters. The fourth-order valence-corrected chi connectivity index (χ4v) is 5.17. The summed E-state index contributed by atoms with van der Waals surface area (Å²) in [5.41, 5.74) is -0.323. The van der Waals surface area contributed by atoms with Crippen LogP contribution >= 0.6 is 21.1 Å². The Hall–Kier alpha value is -0.0700. The highest BCUT2D eigenvalue weighted by molar-refractivity contribution is 7.80. The van der Waals surface area contributed by atoms with Gasteiger partial charge in [0.15, 0.2) is 6.29 Å². The zero-order chi connectivity index (χ0) is 27.1. The fourth-order valence-electron chi connectivity index (χ4n) is 4.47. The largest absolute Gasteiger partial charge is 0.479 e. The Morgan fingerprint density at radius 1 is 0.833 bits per heavy atom. The number of carbonyl (C=O) groups is 1. The normalized spacial score (nSPS) is 16.2. The molecule has 0 aromatic carbocycles. The maximum Gasteiger partial charge on any atom is 0.345 e. The number of rotatable bonds is 27. The van der Waals surface area contributed by atoms with Gasteiger partial charge < -0.3 is 24.3 Å². The van der Waals surface area contributed by atoms with Gasteiger partial charge in [0.25, 0.3) is 0 Å². The molecule has 0 aromatic rings. The number of unbranched alkanes of at least 4 members (excludes halogenated alkanes) is 13. The molecular weight excluding hydrogens is 495 g/mol. The van der Waals surface area contributed by atoms with Crippen molar-refractivity contribution >= 4 is 27.1 Å². The third kappa shape index (κ3) is 19.1. The molecule has 0 rings (SSSR count). The summed E-state index contributed by atoms with van der Waals surface area (Å²) in [5, 5.41) is 16.7. The Morgan fingerprint density at radius 3 is 1.67 bits per heavy atom. The highest BCUT2D eigenvalue weighted by Gasteiger charge is 2.36. The average Bonchev–Trinajstić information content (AvgIpc) is 2.86. The molecule has 6 nitrogen and oxygen atoms in total. The summed E-state index contributed by atoms with van der Waals surface area (Å²) in [4.78, 5) is 11.2. The van der Waals surface area contributed by atoms with Gasteiger partial charge in [-0.1, -0.05) is 130 Å². The second-order valence-corrected chi connectivity index (χ2v) is 12.1. The lowest BCUT2D eigenvalue weighted by molar-refractivity contribution is -0.183. The monoisotopic (exact) mass is 552 g/mol. The van der Waals surface area contributed by atoms with E-state index in [0.29, 0.717) is 12.3 Å². The fraction of sp³-hybridized carbons (Fsp3) is 0.964. The zero-order valence-corrected chi connectivity index (χ0v) is 25.5. The van der Waals surface area contributed by atoms with Crippen molar-refractivity contribution in [3.05, 3.63) is 0 Å². The van der Waals surface area contributed by atoms with Gasteiger partial charge in [-0.3, -0.25) is 0 Å². The highest BCUT2D eigenvalue weighted by Crippen LogP contribution is 2.27. The molecule has 0 aliphatic rings. The molecule has 0 spiro atoms. The van der Waals surface area contributed by atoms with Crippen molar-refractivity contribution in [2.75, 3.05) is 6.61 Å². The van der Waals surface area contributed by atoms with Crippen LogP contribution in [0, 0.1) is 5.92 Å². The molecule has 0 aliphatic heterocycles. The topological polar surface area (TPSA) is 93.1 Å². The predicted octanol–water partition coefficient (Wildman–Crippen LogP) is 8.22. The minimum absolute atomic E-state index is 0.323. The number of ether oxygens (including phenoxy) is 2. The summed E-state index contributed by atoms with van der Waals surface area (Å²) in [5.74, 6) is -0.993. The van der Waals surface area contributed by atoms with Gasteiger partial charge in [-0.15, -0.1) is 12.6 Å². The third-order valence-electron chi connectivity index (χ3n) is 6.91. The maximum atomic E-state index is 11.2. The molecule has 0 fully saturated rings. The van der Waals surface area contributed by atoms with Crippen LogP contribution in [0.25, 0.3) is 0 Å². The molecule has 0 saturated heterocycles.